The summed E-state index contributed by atoms with van der Waals surface area (Å²) >= 11 is 0. The Bertz CT molecular complexity index is 656. The van der Waals surface area contributed by atoms with Crippen LogP contribution in [0.25, 0.3) is 0 Å². The molecule has 5 nitrogen and oxygen atoms in total. The van der Waals surface area contributed by atoms with E-state index in [0.29, 0.717) is 6.54 Å². The standard InChI is InChI=1S/C17H19N3O2/c1-13-5-3-4-6-16(13)19-17(22)12-20(14(2)21)11-15-7-9-18-10-8-15/h3-10H,11-12H2,1-2H3,(H,19,22). The third-order valence-electron chi connectivity index (χ3n) is 3.32. The van der Waals surface area contributed by atoms with Crippen molar-refractivity contribution in [1.29, 1.82) is 0 Å². The van der Waals surface area contributed by atoms with Crippen LogP contribution in [0.1, 0.15) is 18.1 Å². The van der Waals surface area contributed by atoms with Gasteiger partial charge in [-0.25, -0.2) is 0 Å². The molecular weight excluding hydrogens is 278 g/mol. The first-order valence-corrected chi connectivity index (χ1v) is 7.06. The number of benzene rings is 1. The summed E-state index contributed by atoms with van der Waals surface area (Å²) in [5.74, 6) is -0.352. The van der Waals surface area contributed by atoms with Crippen LogP contribution < -0.4 is 5.32 Å². The topological polar surface area (TPSA) is 62.3 Å². The van der Waals surface area contributed by atoms with E-state index in [-0.39, 0.29) is 18.4 Å². The number of amides is 2. The predicted octanol–water partition coefficient (Wildman–Crippen LogP) is 2.38. The van der Waals surface area contributed by atoms with Crippen molar-refractivity contribution in [2.45, 2.75) is 20.4 Å². The van der Waals surface area contributed by atoms with E-state index in [4.69, 9.17) is 0 Å². The number of pyridine rings is 1. The Morgan fingerprint density at radius 1 is 1.14 bits per heavy atom. The van der Waals surface area contributed by atoms with Crippen LogP contribution >= 0.6 is 0 Å². The summed E-state index contributed by atoms with van der Waals surface area (Å²) in [6, 6.07) is 11.2. The Kier molecular flexibility index (Phi) is 5.25. The molecular formula is C17H19N3O2. The molecule has 1 heterocycles. The van der Waals surface area contributed by atoms with Crippen molar-refractivity contribution in [1.82, 2.24) is 9.88 Å². The number of carbonyl (C=O) groups excluding carboxylic acids is 2. The summed E-state index contributed by atoms with van der Waals surface area (Å²) in [5, 5.41) is 2.84. The molecule has 0 spiro atoms. The van der Waals surface area contributed by atoms with Crippen LogP contribution in [-0.2, 0) is 16.1 Å². The molecule has 0 atom stereocenters. The van der Waals surface area contributed by atoms with E-state index in [1.807, 2.05) is 43.3 Å². The quantitative estimate of drug-likeness (QED) is 0.921. The zero-order chi connectivity index (χ0) is 15.9. The number of aryl methyl sites for hydroxylation is 1. The van der Waals surface area contributed by atoms with Crippen molar-refractivity contribution < 1.29 is 9.59 Å². The molecule has 0 fully saturated rings. The van der Waals surface area contributed by atoms with Gasteiger partial charge in [0.2, 0.25) is 11.8 Å². The van der Waals surface area contributed by atoms with E-state index in [9.17, 15) is 9.59 Å². The molecule has 0 aliphatic rings. The van der Waals surface area contributed by atoms with Crippen LogP contribution in [0, 0.1) is 6.92 Å². The second-order valence-corrected chi connectivity index (χ2v) is 5.09. The molecule has 0 bridgehead atoms. The van der Waals surface area contributed by atoms with Crippen molar-refractivity contribution in [3.8, 4) is 0 Å². The number of hydrogen-bond donors (Lipinski definition) is 1. The number of nitrogens with zero attached hydrogens (tertiary/aromatic N) is 2. The molecule has 5 heteroatoms. The van der Waals surface area contributed by atoms with Crippen LogP contribution in [0.2, 0.25) is 0 Å². The van der Waals surface area contributed by atoms with Crippen molar-refractivity contribution in [2.75, 3.05) is 11.9 Å². The van der Waals surface area contributed by atoms with Gasteiger partial charge in [-0.2, -0.15) is 0 Å². The second-order valence-electron chi connectivity index (χ2n) is 5.09. The maximum Gasteiger partial charge on any atom is 0.244 e. The lowest BCUT2D eigenvalue weighted by Crippen LogP contribution is -2.36. The number of anilines is 1. The number of aromatic nitrogens is 1. The first kappa shape index (κ1) is 15.7. The lowest BCUT2D eigenvalue weighted by molar-refractivity contribution is -0.133. The molecule has 0 radical (unpaired) electrons. The van der Waals surface area contributed by atoms with Gasteiger partial charge in [0.15, 0.2) is 0 Å². The number of para-hydroxylation sites is 1. The molecule has 0 aliphatic heterocycles. The fraction of sp³-hybridized carbons (Fsp3) is 0.235. The van der Waals surface area contributed by atoms with Crippen LogP contribution in [0.15, 0.2) is 48.8 Å². The van der Waals surface area contributed by atoms with Gasteiger partial charge in [0.05, 0.1) is 0 Å². The summed E-state index contributed by atoms with van der Waals surface area (Å²) in [5.41, 5.74) is 2.69. The molecule has 1 N–H and O–H groups in total. The maximum atomic E-state index is 12.2. The van der Waals surface area contributed by atoms with E-state index in [1.54, 1.807) is 12.4 Å². The largest absolute Gasteiger partial charge is 0.329 e. The molecule has 1 aromatic heterocycles. The SMILES string of the molecule is CC(=O)N(CC(=O)Nc1ccccc1C)Cc1ccncc1. The molecule has 0 unspecified atom stereocenters. The third kappa shape index (κ3) is 4.41. The molecule has 2 amide bonds. The second kappa shape index (κ2) is 7.36. The minimum absolute atomic E-state index is 0.0198. The normalized spacial score (nSPS) is 10.1. The van der Waals surface area contributed by atoms with E-state index < -0.39 is 0 Å². The molecule has 1 aromatic carbocycles. The minimum Gasteiger partial charge on any atom is -0.329 e. The summed E-state index contributed by atoms with van der Waals surface area (Å²) in [6.07, 6.45) is 3.34. The van der Waals surface area contributed by atoms with Crippen molar-refractivity contribution in [2.24, 2.45) is 0 Å². The van der Waals surface area contributed by atoms with Crippen molar-refractivity contribution in [3.05, 3.63) is 59.9 Å². The lowest BCUT2D eigenvalue weighted by atomic mass is 10.2. The monoisotopic (exact) mass is 297 g/mol. The van der Waals surface area contributed by atoms with Gasteiger partial charge in [0.1, 0.15) is 6.54 Å². The van der Waals surface area contributed by atoms with Gasteiger partial charge >= 0.3 is 0 Å². The summed E-state index contributed by atoms with van der Waals surface area (Å²) in [7, 11) is 0. The Labute approximate surface area is 130 Å². The number of rotatable bonds is 5. The van der Waals surface area contributed by atoms with E-state index in [0.717, 1.165) is 16.8 Å². The highest BCUT2D eigenvalue weighted by molar-refractivity contribution is 5.94. The van der Waals surface area contributed by atoms with E-state index in [2.05, 4.69) is 10.3 Å². The average molecular weight is 297 g/mol. The van der Waals surface area contributed by atoms with Crippen molar-refractivity contribution in [3.63, 3.8) is 0 Å². The molecule has 0 saturated heterocycles. The molecule has 0 saturated carbocycles. The number of nitrogens with one attached hydrogen (secondary N) is 1. The minimum atomic E-state index is -0.210. The van der Waals surface area contributed by atoms with E-state index >= 15 is 0 Å². The van der Waals surface area contributed by atoms with Gasteiger partial charge < -0.3 is 10.2 Å². The van der Waals surface area contributed by atoms with Crippen LogP contribution in [0.4, 0.5) is 5.69 Å². The summed E-state index contributed by atoms with van der Waals surface area (Å²) in [4.78, 5) is 29.3. The Morgan fingerprint density at radius 3 is 2.45 bits per heavy atom. The Morgan fingerprint density at radius 2 is 1.82 bits per heavy atom. The maximum absolute atomic E-state index is 12.2. The highest BCUT2D eigenvalue weighted by atomic mass is 16.2. The summed E-state index contributed by atoms with van der Waals surface area (Å²) in [6.45, 7) is 3.79. The van der Waals surface area contributed by atoms with Gasteiger partial charge in [-0.3, -0.25) is 14.6 Å². The van der Waals surface area contributed by atoms with Crippen LogP contribution in [0.3, 0.4) is 0 Å². The molecule has 2 rings (SSSR count). The smallest absolute Gasteiger partial charge is 0.244 e. The Balaban J connectivity index is 2.00. The van der Waals surface area contributed by atoms with Crippen molar-refractivity contribution >= 4 is 17.5 Å². The predicted molar refractivity (Wildman–Crippen MR) is 85.1 cm³/mol. The highest BCUT2D eigenvalue weighted by Crippen LogP contribution is 2.13. The van der Waals surface area contributed by atoms with Gasteiger partial charge in [-0.1, -0.05) is 18.2 Å². The zero-order valence-electron chi connectivity index (χ0n) is 12.7. The number of carbonyl (C=O) groups is 2. The Hall–Kier alpha value is -2.69. The third-order valence-corrected chi connectivity index (χ3v) is 3.32. The van der Waals surface area contributed by atoms with Gasteiger partial charge in [-0.05, 0) is 36.2 Å². The number of hydrogen-bond acceptors (Lipinski definition) is 3. The van der Waals surface area contributed by atoms with Gasteiger partial charge in [-0.15, -0.1) is 0 Å². The highest BCUT2D eigenvalue weighted by Gasteiger charge is 2.14. The van der Waals surface area contributed by atoms with Crippen LogP contribution in [0.5, 0.6) is 0 Å². The fourth-order valence-electron chi connectivity index (χ4n) is 2.06. The zero-order valence-corrected chi connectivity index (χ0v) is 12.7. The summed E-state index contributed by atoms with van der Waals surface area (Å²) < 4.78 is 0. The van der Waals surface area contributed by atoms with Gasteiger partial charge in [0, 0.05) is 31.5 Å². The molecule has 0 aliphatic carbocycles. The van der Waals surface area contributed by atoms with Crippen LogP contribution in [-0.4, -0.2) is 28.2 Å². The first-order valence-electron chi connectivity index (χ1n) is 7.06. The van der Waals surface area contributed by atoms with Gasteiger partial charge in [0.25, 0.3) is 0 Å². The first-order chi connectivity index (χ1) is 10.6. The lowest BCUT2D eigenvalue weighted by Gasteiger charge is -2.21. The molecule has 22 heavy (non-hydrogen) atoms. The van der Waals surface area contributed by atoms with E-state index in [1.165, 1.54) is 11.8 Å². The molecule has 114 valence electrons. The molecule has 2 aromatic rings. The fourth-order valence-corrected chi connectivity index (χ4v) is 2.06. The average Bonchev–Trinajstić information content (AvgIpc) is 2.50.